The van der Waals surface area contributed by atoms with Crippen molar-refractivity contribution in [1.29, 1.82) is 0 Å². The van der Waals surface area contributed by atoms with E-state index in [4.69, 9.17) is 14.2 Å². The minimum atomic E-state index is -3.32. The molecule has 0 aliphatic carbocycles. The summed E-state index contributed by atoms with van der Waals surface area (Å²) in [6, 6.07) is 5.72. The summed E-state index contributed by atoms with van der Waals surface area (Å²) in [5, 5.41) is 10.4. The fourth-order valence-corrected chi connectivity index (χ4v) is 5.19. The van der Waals surface area contributed by atoms with Crippen LogP contribution in [-0.2, 0) is 21.3 Å². The average Bonchev–Trinajstić information content (AvgIpc) is 3.33. The van der Waals surface area contributed by atoms with Crippen molar-refractivity contribution in [2.24, 2.45) is 0 Å². The molecule has 1 aromatic heterocycles. The highest BCUT2D eigenvalue weighted by Crippen LogP contribution is 2.36. The normalized spacial score (nSPS) is 22.1. The molecule has 10 heteroatoms. The maximum absolute atomic E-state index is 12.6. The molecule has 2 aliphatic rings. The first-order chi connectivity index (χ1) is 13.9. The van der Waals surface area contributed by atoms with Crippen molar-refractivity contribution in [3.63, 3.8) is 0 Å². The number of hydrogen-bond donors (Lipinski definition) is 2. The van der Waals surface area contributed by atoms with Crippen molar-refractivity contribution in [3.05, 3.63) is 30.0 Å². The van der Waals surface area contributed by atoms with Crippen LogP contribution in [0.3, 0.4) is 0 Å². The van der Waals surface area contributed by atoms with Gasteiger partial charge in [0.25, 0.3) is 0 Å². The van der Waals surface area contributed by atoms with Crippen LogP contribution in [0, 0.1) is 0 Å². The van der Waals surface area contributed by atoms with Crippen LogP contribution < -0.4 is 14.8 Å². The lowest BCUT2D eigenvalue weighted by atomic mass is 10.1. The van der Waals surface area contributed by atoms with Gasteiger partial charge < -0.3 is 19.5 Å². The lowest BCUT2D eigenvalue weighted by molar-refractivity contribution is -0.0440. The number of aromatic amines is 1. The highest BCUT2D eigenvalue weighted by Gasteiger charge is 2.30. The molecule has 2 N–H and O–H groups in total. The number of sulfonamides is 1. The Morgan fingerprint density at radius 3 is 2.76 bits per heavy atom. The maximum Gasteiger partial charge on any atom is 0.231 e. The molecule has 9 nitrogen and oxygen atoms in total. The number of ether oxygens (including phenoxy) is 3. The second kappa shape index (κ2) is 8.31. The van der Waals surface area contributed by atoms with Crippen LogP contribution in [0.2, 0.25) is 0 Å². The molecule has 29 heavy (non-hydrogen) atoms. The first-order valence-electron chi connectivity index (χ1n) is 9.68. The zero-order chi connectivity index (χ0) is 20.4. The van der Waals surface area contributed by atoms with Gasteiger partial charge in [0.05, 0.1) is 29.9 Å². The first-order valence-corrected chi connectivity index (χ1v) is 11.3. The van der Waals surface area contributed by atoms with E-state index < -0.39 is 10.0 Å². The minimum Gasteiger partial charge on any atom is -0.454 e. The Balaban J connectivity index is 1.33. The minimum absolute atomic E-state index is 0.0453. The predicted molar refractivity (Wildman–Crippen MR) is 107 cm³/mol. The smallest absolute Gasteiger partial charge is 0.231 e. The van der Waals surface area contributed by atoms with E-state index in [1.807, 2.05) is 32.0 Å². The lowest BCUT2D eigenvalue weighted by Gasteiger charge is -2.34. The molecule has 2 atom stereocenters. The molecule has 4 rings (SSSR count). The molecule has 0 amide bonds. The van der Waals surface area contributed by atoms with Crippen molar-refractivity contribution >= 4 is 10.0 Å². The zero-order valence-electron chi connectivity index (χ0n) is 16.6. The molecule has 0 unspecified atom stereocenters. The molecular weight excluding hydrogens is 396 g/mol. The molecule has 2 aromatic rings. The molecule has 1 fully saturated rings. The number of fused-ring (bicyclic) bond motifs is 1. The van der Waals surface area contributed by atoms with E-state index in [-0.39, 0.29) is 24.8 Å². The van der Waals surface area contributed by atoms with Gasteiger partial charge in [0, 0.05) is 37.3 Å². The van der Waals surface area contributed by atoms with Crippen molar-refractivity contribution in [3.8, 4) is 22.8 Å². The third-order valence-corrected chi connectivity index (χ3v) is 6.82. The Morgan fingerprint density at radius 2 is 1.97 bits per heavy atom. The maximum atomic E-state index is 12.6. The van der Waals surface area contributed by atoms with Crippen molar-refractivity contribution in [1.82, 2.24) is 19.8 Å². The van der Waals surface area contributed by atoms with Crippen LogP contribution in [0.5, 0.6) is 11.5 Å². The van der Waals surface area contributed by atoms with Crippen LogP contribution in [-0.4, -0.2) is 67.3 Å². The van der Waals surface area contributed by atoms with Crippen LogP contribution in [0.25, 0.3) is 11.3 Å². The standard InChI is InChI=1S/C19H26N4O5S/c1-13-10-23(11-14(2)28-13)29(24,25)6-5-20-8-16-9-21-22-19(16)15-3-4-17-18(7-15)27-12-26-17/h3-4,7,9,13-14,20H,5-6,8,10-12H2,1-2H3,(H,21,22)/t13-,14-/m0/s1. The quantitative estimate of drug-likeness (QED) is 0.649. The number of nitrogens with one attached hydrogen (secondary N) is 2. The topological polar surface area (TPSA) is 106 Å². The van der Waals surface area contributed by atoms with Gasteiger partial charge in [-0.2, -0.15) is 9.40 Å². The van der Waals surface area contributed by atoms with E-state index in [0.29, 0.717) is 31.9 Å². The van der Waals surface area contributed by atoms with Gasteiger partial charge in [-0.1, -0.05) is 0 Å². The van der Waals surface area contributed by atoms with Crippen LogP contribution in [0.15, 0.2) is 24.4 Å². The molecule has 0 bridgehead atoms. The van der Waals surface area contributed by atoms with Gasteiger partial charge in [-0.25, -0.2) is 8.42 Å². The fraction of sp³-hybridized carbons (Fsp3) is 0.526. The third kappa shape index (κ3) is 4.55. The monoisotopic (exact) mass is 422 g/mol. The van der Waals surface area contributed by atoms with Gasteiger partial charge in [0.15, 0.2) is 11.5 Å². The molecular formula is C19H26N4O5S. The summed E-state index contributed by atoms with van der Waals surface area (Å²) in [5.74, 6) is 1.48. The predicted octanol–water partition coefficient (Wildman–Crippen LogP) is 1.33. The summed E-state index contributed by atoms with van der Waals surface area (Å²) in [6.45, 7) is 5.69. The van der Waals surface area contributed by atoms with Crippen LogP contribution in [0.4, 0.5) is 0 Å². The first kappa shape index (κ1) is 20.1. The summed E-state index contributed by atoms with van der Waals surface area (Å²) in [6.07, 6.45) is 1.57. The Bertz CT molecular complexity index is 951. The number of aromatic nitrogens is 2. The Kier molecular flexibility index (Phi) is 5.77. The fourth-order valence-electron chi connectivity index (χ4n) is 3.66. The zero-order valence-corrected chi connectivity index (χ0v) is 17.4. The van der Waals surface area contributed by atoms with E-state index in [2.05, 4.69) is 15.5 Å². The molecule has 0 saturated carbocycles. The average molecular weight is 423 g/mol. The second-order valence-electron chi connectivity index (χ2n) is 7.41. The van der Waals surface area contributed by atoms with E-state index in [1.54, 1.807) is 6.20 Å². The highest BCUT2D eigenvalue weighted by molar-refractivity contribution is 7.89. The van der Waals surface area contributed by atoms with Crippen molar-refractivity contribution < 1.29 is 22.6 Å². The molecule has 1 aromatic carbocycles. The number of hydrogen-bond acceptors (Lipinski definition) is 7. The summed E-state index contributed by atoms with van der Waals surface area (Å²) in [4.78, 5) is 0. The van der Waals surface area contributed by atoms with Gasteiger partial charge in [0.1, 0.15) is 0 Å². The third-order valence-electron chi connectivity index (χ3n) is 5.01. The SMILES string of the molecule is C[C@H]1CN(S(=O)(=O)CCNCc2cn[nH]c2-c2ccc3c(c2)OCO3)C[C@H](C)O1. The van der Waals surface area contributed by atoms with Crippen LogP contribution >= 0.6 is 0 Å². The number of nitrogens with zero attached hydrogens (tertiary/aromatic N) is 2. The van der Waals surface area contributed by atoms with Gasteiger partial charge in [-0.15, -0.1) is 0 Å². The van der Waals surface area contributed by atoms with Crippen LogP contribution in [0.1, 0.15) is 19.4 Å². The molecule has 0 radical (unpaired) electrons. The Morgan fingerprint density at radius 1 is 1.21 bits per heavy atom. The van der Waals surface area contributed by atoms with Gasteiger partial charge in [0.2, 0.25) is 16.8 Å². The largest absolute Gasteiger partial charge is 0.454 e. The summed E-state index contributed by atoms with van der Waals surface area (Å²) >= 11 is 0. The van der Waals surface area contributed by atoms with E-state index in [9.17, 15) is 8.42 Å². The second-order valence-corrected chi connectivity index (χ2v) is 9.49. The van der Waals surface area contributed by atoms with E-state index in [0.717, 1.165) is 22.6 Å². The Labute approximate surface area is 170 Å². The number of rotatable bonds is 7. The molecule has 2 aliphatic heterocycles. The van der Waals surface area contributed by atoms with Crippen molar-refractivity contribution in [2.45, 2.75) is 32.6 Å². The highest BCUT2D eigenvalue weighted by atomic mass is 32.2. The summed E-state index contributed by atoms with van der Waals surface area (Å²) in [5.41, 5.74) is 2.76. The van der Waals surface area contributed by atoms with E-state index in [1.165, 1.54) is 4.31 Å². The molecule has 3 heterocycles. The van der Waals surface area contributed by atoms with Gasteiger partial charge in [-0.05, 0) is 32.0 Å². The van der Waals surface area contributed by atoms with Gasteiger partial charge >= 0.3 is 0 Å². The summed E-state index contributed by atoms with van der Waals surface area (Å²) < 4.78 is 43.2. The number of benzene rings is 1. The van der Waals surface area contributed by atoms with Crippen molar-refractivity contribution in [2.75, 3.05) is 32.2 Å². The van der Waals surface area contributed by atoms with E-state index >= 15 is 0 Å². The molecule has 158 valence electrons. The molecule has 1 saturated heterocycles. The van der Waals surface area contributed by atoms with Gasteiger partial charge in [-0.3, -0.25) is 5.10 Å². The number of morpholine rings is 1. The Hall–Kier alpha value is -2.14. The summed E-state index contributed by atoms with van der Waals surface area (Å²) in [7, 11) is -3.32. The number of H-pyrrole nitrogens is 1. The molecule has 0 spiro atoms. The lowest BCUT2D eigenvalue weighted by Crippen LogP contribution is -2.49.